The Morgan fingerprint density at radius 1 is 1.59 bits per heavy atom. The molecule has 1 aliphatic rings. The standard InChI is InChI=1S/C12H17BrN2OS/c1-8-6-14-7-10(8)12(16)15-5-4-9-2-3-11(13)17-9/h2-3,8,10,14H,4-7H2,1H3,(H,15,16)/t8-,10-/m1/s1. The summed E-state index contributed by atoms with van der Waals surface area (Å²) in [5.41, 5.74) is 0. The largest absolute Gasteiger partial charge is 0.355 e. The monoisotopic (exact) mass is 316 g/mol. The van der Waals surface area contributed by atoms with Crippen molar-refractivity contribution in [1.82, 2.24) is 10.6 Å². The first-order valence-corrected chi connectivity index (χ1v) is 7.50. The number of hydrogen-bond acceptors (Lipinski definition) is 3. The van der Waals surface area contributed by atoms with Crippen molar-refractivity contribution in [2.45, 2.75) is 13.3 Å². The second-order valence-corrected chi connectivity index (χ2v) is 7.04. The summed E-state index contributed by atoms with van der Waals surface area (Å²) in [7, 11) is 0. The van der Waals surface area contributed by atoms with Gasteiger partial charge in [-0.05, 0) is 46.9 Å². The molecule has 17 heavy (non-hydrogen) atoms. The zero-order valence-corrected chi connectivity index (χ0v) is 12.2. The molecule has 0 spiro atoms. The molecule has 1 aromatic heterocycles. The fourth-order valence-electron chi connectivity index (χ4n) is 2.09. The van der Waals surface area contributed by atoms with E-state index >= 15 is 0 Å². The second-order valence-electron chi connectivity index (χ2n) is 4.49. The van der Waals surface area contributed by atoms with E-state index in [-0.39, 0.29) is 11.8 Å². The molecule has 2 N–H and O–H groups in total. The van der Waals surface area contributed by atoms with Gasteiger partial charge in [0.15, 0.2) is 0 Å². The van der Waals surface area contributed by atoms with Gasteiger partial charge in [0.2, 0.25) is 5.91 Å². The summed E-state index contributed by atoms with van der Waals surface area (Å²) < 4.78 is 1.15. The summed E-state index contributed by atoms with van der Waals surface area (Å²) in [4.78, 5) is 13.2. The smallest absolute Gasteiger partial charge is 0.224 e. The van der Waals surface area contributed by atoms with Crippen molar-refractivity contribution in [1.29, 1.82) is 0 Å². The van der Waals surface area contributed by atoms with Crippen LogP contribution in [0.4, 0.5) is 0 Å². The molecule has 2 heterocycles. The molecule has 1 aromatic rings. The Morgan fingerprint density at radius 2 is 2.41 bits per heavy atom. The summed E-state index contributed by atoms with van der Waals surface area (Å²) in [6.07, 6.45) is 0.913. The number of carbonyl (C=O) groups is 1. The van der Waals surface area contributed by atoms with Crippen LogP contribution in [0.2, 0.25) is 0 Å². The molecule has 5 heteroatoms. The highest BCUT2D eigenvalue weighted by Gasteiger charge is 2.28. The van der Waals surface area contributed by atoms with Gasteiger partial charge in [0, 0.05) is 18.0 Å². The van der Waals surface area contributed by atoms with Gasteiger partial charge in [0.25, 0.3) is 0 Å². The van der Waals surface area contributed by atoms with Gasteiger partial charge in [-0.15, -0.1) is 11.3 Å². The molecular weight excluding hydrogens is 300 g/mol. The van der Waals surface area contributed by atoms with E-state index in [1.165, 1.54) is 4.88 Å². The SMILES string of the molecule is C[C@@H]1CNC[C@H]1C(=O)NCCc1ccc(Br)s1. The predicted octanol–water partition coefficient (Wildman–Crippen LogP) is 2.02. The lowest BCUT2D eigenvalue weighted by Crippen LogP contribution is -2.35. The van der Waals surface area contributed by atoms with Gasteiger partial charge < -0.3 is 10.6 Å². The third kappa shape index (κ3) is 3.53. The zero-order valence-electron chi connectivity index (χ0n) is 9.83. The van der Waals surface area contributed by atoms with Crippen LogP contribution in [0.1, 0.15) is 11.8 Å². The summed E-state index contributed by atoms with van der Waals surface area (Å²) >= 11 is 5.16. The lowest BCUT2D eigenvalue weighted by Gasteiger charge is -2.13. The maximum absolute atomic E-state index is 11.9. The first kappa shape index (κ1) is 13.1. The summed E-state index contributed by atoms with van der Waals surface area (Å²) in [5, 5.41) is 6.27. The highest BCUT2D eigenvalue weighted by molar-refractivity contribution is 9.11. The molecule has 94 valence electrons. The predicted molar refractivity (Wildman–Crippen MR) is 74.3 cm³/mol. The highest BCUT2D eigenvalue weighted by atomic mass is 79.9. The van der Waals surface area contributed by atoms with Crippen molar-refractivity contribution in [2.24, 2.45) is 11.8 Å². The fraction of sp³-hybridized carbons (Fsp3) is 0.583. The van der Waals surface area contributed by atoms with Crippen LogP contribution in [0.5, 0.6) is 0 Å². The molecule has 3 nitrogen and oxygen atoms in total. The molecule has 0 unspecified atom stereocenters. The lowest BCUT2D eigenvalue weighted by atomic mass is 9.97. The average molecular weight is 317 g/mol. The van der Waals surface area contributed by atoms with Crippen molar-refractivity contribution < 1.29 is 4.79 Å². The van der Waals surface area contributed by atoms with E-state index in [2.05, 4.69) is 39.6 Å². The minimum absolute atomic E-state index is 0.144. The van der Waals surface area contributed by atoms with Crippen LogP contribution >= 0.6 is 27.3 Å². The molecule has 2 atom stereocenters. The zero-order chi connectivity index (χ0) is 12.3. The fourth-order valence-corrected chi connectivity index (χ4v) is 3.57. The third-order valence-corrected chi connectivity index (χ3v) is 4.84. The maximum Gasteiger partial charge on any atom is 0.224 e. The first-order valence-electron chi connectivity index (χ1n) is 5.89. The Kier molecular flexibility index (Phi) is 4.59. The van der Waals surface area contributed by atoms with Gasteiger partial charge in [0.1, 0.15) is 0 Å². The number of amides is 1. The molecular formula is C12H17BrN2OS. The first-order chi connectivity index (χ1) is 8.16. The third-order valence-electron chi connectivity index (χ3n) is 3.15. The van der Waals surface area contributed by atoms with E-state index in [9.17, 15) is 4.79 Å². The highest BCUT2D eigenvalue weighted by Crippen LogP contribution is 2.22. The topological polar surface area (TPSA) is 41.1 Å². The minimum Gasteiger partial charge on any atom is -0.355 e. The van der Waals surface area contributed by atoms with Gasteiger partial charge in [-0.2, -0.15) is 0 Å². The Bertz CT molecular complexity index is 394. The van der Waals surface area contributed by atoms with E-state index in [4.69, 9.17) is 0 Å². The van der Waals surface area contributed by atoms with Crippen LogP contribution in [-0.4, -0.2) is 25.5 Å². The van der Waals surface area contributed by atoms with Crippen LogP contribution < -0.4 is 10.6 Å². The van der Waals surface area contributed by atoms with Crippen molar-refractivity contribution in [3.8, 4) is 0 Å². The van der Waals surface area contributed by atoms with Crippen LogP contribution in [0.3, 0.4) is 0 Å². The van der Waals surface area contributed by atoms with E-state index in [1.54, 1.807) is 11.3 Å². The summed E-state index contributed by atoms with van der Waals surface area (Å²) in [5.74, 6) is 0.786. The van der Waals surface area contributed by atoms with Crippen LogP contribution in [0, 0.1) is 11.8 Å². The molecule has 1 fully saturated rings. The minimum atomic E-state index is 0.144. The van der Waals surface area contributed by atoms with Crippen LogP contribution in [0.15, 0.2) is 15.9 Å². The number of carbonyl (C=O) groups excluding carboxylic acids is 1. The van der Waals surface area contributed by atoms with Crippen molar-refractivity contribution in [3.05, 3.63) is 20.8 Å². The van der Waals surface area contributed by atoms with Gasteiger partial charge in [-0.1, -0.05) is 6.92 Å². The molecule has 0 aliphatic carbocycles. The van der Waals surface area contributed by atoms with Gasteiger partial charge in [0.05, 0.1) is 9.70 Å². The number of nitrogens with one attached hydrogen (secondary N) is 2. The van der Waals surface area contributed by atoms with E-state index in [0.717, 1.165) is 29.8 Å². The van der Waals surface area contributed by atoms with Gasteiger partial charge >= 0.3 is 0 Å². The van der Waals surface area contributed by atoms with E-state index in [0.29, 0.717) is 5.92 Å². The van der Waals surface area contributed by atoms with E-state index in [1.807, 2.05) is 6.07 Å². The van der Waals surface area contributed by atoms with Gasteiger partial charge in [-0.25, -0.2) is 0 Å². The number of halogens is 1. The molecule has 2 rings (SSSR count). The number of rotatable bonds is 4. The molecule has 0 radical (unpaired) electrons. The molecule has 0 aromatic carbocycles. The Labute approximate surface area is 114 Å². The van der Waals surface area contributed by atoms with Crippen LogP contribution in [-0.2, 0) is 11.2 Å². The number of hydrogen-bond donors (Lipinski definition) is 2. The second kappa shape index (κ2) is 5.98. The Balaban J connectivity index is 1.73. The quantitative estimate of drug-likeness (QED) is 0.892. The lowest BCUT2D eigenvalue weighted by molar-refractivity contribution is -0.125. The van der Waals surface area contributed by atoms with Crippen molar-refractivity contribution >= 4 is 33.2 Å². The molecule has 0 saturated carbocycles. The maximum atomic E-state index is 11.9. The molecule has 1 amide bonds. The van der Waals surface area contributed by atoms with Crippen LogP contribution in [0.25, 0.3) is 0 Å². The van der Waals surface area contributed by atoms with E-state index < -0.39 is 0 Å². The Morgan fingerprint density at radius 3 is 3.00 bits per heavy atom. The molecule has 0 bridgehead atoms. The Hall–Kier alpha value is -0.390. The number of thiophene rings is 1. The molecule has 1 aliphatic heterocycles. The summed E-state index contributed by atoms with van der Waals surface area (Å²) in [6.45, 7) is 4.63. The summed E-state index contributed by atoms with van der Waals surface area (Å²) in [6, 6.07) is 4.14. The molecule has 1 saturated heterocycles. The van der Waals surface area contributed by atoms with Crippen molar-refractivity contribution in [2.75, 3.05) is 19.6 Å². The normalized spacial score (nSPS) is 23.9. The van der Waals surface area contributed by atoms with Crippen molar-refractivity contribution in [3.63, 3.8) is 0 Å². The van der Waals surface area contributed by atoms with Gasteiger partial charge in [-0.3, -0.25) is 4.79 Å². The average Bonchev–Trinajstić information content (AvgIpc) is 2.87.